The highest BCUT2D eigenvalue weighted by molar-refractivity contribution is 6.07. The molecule has 1 saturated heterocycles. The second kappa shape index (κ2) is 10.4. The van der Waals surface area contributed by atoms with E-state index in [9.17, 15) is 14.4 Å². The number of fused-ring (bicyclic) bond motifs is 2. The Morgan fingerprint density at radius 3 is 2.56 bits per heavy atom. The number of hydrogen-bond donors (Lipinski definition) is 1. The van der Waals surface area contributed by atoms with Gasteiger partial charge in [0.15, 0.2) is 0 Å². The molecular weight excluding hydrogens is 456 g/mol. The van der Waals surface area contributed by atoms with Crippen molar-refractivity contribution in [2.45, 2.75) is 57.3 Å². The van der Waals surface area contributed by atoms with E-state index < -0.39 is 23.7 Å². The number of carbonyl (C=O) groups is 3. The van der Waals surface area contributed by atoms with Crippen LogP contribution in [0.2, 0.25) is 0 Å². The SMILES string of the molecule is [C-]#[N+][C@@H]1C[C@@]2(CN1C(=O)[C@H](CCC(C)C)N(C)C(=O)OCc1ccccc1)C(=O)Nc1ccccc12. The van der Waals surface area contributed by atoms with Crippen LogP contribution in [0.15, 0.2) is 54.6 Å². The smallest absolute Gasteiger partial charge is 0.410 e. The van der Waals surface area contributed by atoms with Gasteiger partial charge < -0.3 is 10.1 Å². The minimum atomic E-state index is -0.962. The molecule has 2 aliphatic heterocycles. The summed E-state index contributed by atoms with van der Waals surface area (Å²) in [5, 5.41) is 2.91. The maximum absolute atomic E-state index is 13.9. The fraction of sp³-hybridized carbons (Fsp3) is 0.429. The van der Waals surface area contributed by atoms with E-state index in [4.69, 9.17) is 11.3 Å². The Hall–Kier alpha value is -3.86. The van der Waals surface area contributed by atoms with Crippen molar-refractivity contribution in [1.82, 2.24) is 9.80 Å². The number of likely N-dealkylation sites (tertiary alicyclic amines) is 1. The summed E-state index contributed by atoms with van der Waals surface area (Å²) in [5.41, 5.74) is 1.42. The largest absolute Gasteiger partial charge is 0.445 e. The van der Waals surface area contributed by atoms with Crippen LogP contribution < -0.4 is 5.32 Å². The Morgan fingerprint density at radius 2 is 1.86 bits per heavy atom. The van der Waals surface area contributed by atoms with Crippen LogP contribution in [0.4, 0.5) is 10.5 Å². The van der Waals surface area contributed by atoms with Crippen LogP contribution in [0, 0.1) is 12.5 Å². The maximum atomic E-state index is 13.9. The Morgan fingerprint density at radius 1 is 1.17 bits per heavy atom. The van der Waals surface area contributed by atoms with Gasteiger partial charge in [-0.25, -0.2) is 11.4 Å². The highest BCUT2D eigenvalue weighted by Gasteiger charge is 2.59. The molecule has 36 heavy (non-hydrogen) atoms. The minimum Gasteiger partial charge on any atom is -0.445 e. The summed E-state index contributed by atoms with van der Waals surface area (Å²) < 4.78 is 5.49. The molecule has 3 atom stereocenters. The van der Waals surface area contributed by atoms with Crippen LogP contribution in [0.3, 0.4) is 0 Å². The number of ether oxygens (including phenoxy) is 1. The van der Waals surface area contributed by atoms with Gasteiger partial charge in [0.25, 0.3) is 5.91 Å². The van der Waals surface area contributed by atoms with Gasteiger partial charge in [-0.15, -0.1) is 0 Å². The fourth-order valence-electron chi connectivity index (χ4n) is 5.07. The Bertz CT molecular complexity index is 1180. The first-order valence-electron chi connectivity index (χ1n) is 12.3. The first-order chi connectivity index (χ1) is 17.3. The number of anilines is 1. The van der Waals surface area contributed by atoms with Gasteiger partial charge in [0.1, 0.15) is 18.1 Å². The molecule has 0 bridgehead atoms. The standard InChI is InChI=1S/C28H32N4O4/c1-19(2)14-15-23(31(4)27(35)36-17-20-10-6-5-7-11-20)25(33)32-18-28(16-24(32)29-3)21-12-8-9-13-22(21)30-26(28)34/h5-13,19,23-24H,14-18H2,1-2,4H3,(H,30,34)/t23-,24-,28-/m0/s1. The van der Waals surface area contributed by atoms with Gasteiger partial charge in [-0.05, 0) is 36.0 Å². The van der Waals surface area contributed by atoms with Gasteiger partial charge in [-0.3, -0.25) is 24.2 Å². The van der Waals surface area contributed by atoms with Gasteiger partial charge >= 0.3 is 12.3 Å². The molecule has 3 amide bonds. The average Bonchev–Trinajstić information content (AvgIpc) is 3.41. The van der Waals surface area contributed by atoms with Gasteiger partial charge in [0.05, 0.1) is 6.42 Å². The van der Waals surface area contributed by atoms with Crippen LogP contribution in [-0.2, 0) is 26.3 Å². The van der Waals surface area contributed by atoms with E-state index in [1.807, 2.05) is 54.6 Å². The van der Waals surface area contributed by atoms with Gasteiger partial charge in [0.2, 0.25) is 5.91 Å². The summed E-state index contributed by atoms with van der Waals surface area (Å²) in [5.74, 6) is -0.199. The average molecular weight is 489 g/mol. The molecule has 1 N–H and O–H groups in total. The van der Waals surface area contributed by atoms with Crippen LogP contribution in [0.25, 0.3) is 4.85 Å². The lowest BCUT2D eigenvalue weighted by Crippen LogP contribution is -2.51. The van der Waals surface area contributed by atoms with E-state index in [2.05, 4.69) is 24.0 Å². The molecule has 2 aliphatic rings. The van der Waals surface area contributed by atoms with Crippen LogP contribution in [0.1, 0.15) is 44.2 Å². The van der Waals surface area contributed by atoms with E-state index >= 15 is 0 Å². The molecule has 1 spiro atoms. The number of para-hydroxylation sites is 1. The fourth-order valence-corrected chi connectivity index (χ4v) is 5.07. The first kappa shape index (κ1) is 25.2. The van der Waals surface area contributed by atoms with Crippen LogP contribution >= 0.6 is 0 Å². The summed E-state index contributed by atoms with van der Waals surface area (Å²) in [6.07, 6.45) is -0.00498. The van der Waals surface area contributed by atoms with Gasteiger partial charge in [-0.1, -0.05) is 62.4 Å². The summed E-state index contributed by atoms with van der Waals surface area (Å²) in [7, 11) is 1.56. The third-order valence-corrected chi connectivity index (χ3v) is 7.15. The third-order valence-electron chi connectivity index (χ3n) is 7.15. The first-order valence-corrected chi connectivity index (χ1v) is 12.3. The lowest BCUT2D eigenvalue weighted by Gasteiger charge is -2.31. The topological polar surface area (TPSA) is 83.3 Å². The molecule has 2 aromatic carbocycles. The van der Waals surface area contributed by atoms with Crippen molar-refractivity contribution in [2.75, 3.05) is 18.9 Å². The number of carbonyl (C=O) groups excluding carboxylic acids is 3. The molecule has 2 heterocycles. The molecular formula is C28H32N4O4. The third kappa shape index (κ3) is 4.78. The van der Waals surface area contributed by atoms with Crippen LogP contribution in [0.5, 0.6) is 0 Å². The lowest BCUT2D eigenvalue weighted by atomic mass is 9.80. The second-order valence-electron chi connectivity index (χ2n) is 10.00. The molecule has 2 aromatic rings. The van der Waals surface area contributed by atoms with E-state index in [1.165, 1.54) is 9.80 Å². The number of nitrogens with one attached hydrogen (secondary N) is 1. The van der Waals surface area contributed by atoms with Crippen molar-refractivity contribution in [2.24, 2.45) is 5.92 Å². The number of amides is 3. The summed E-state index contributed by atoms with van der Waals surface area (Å²) in [6, 6.07) is 16.0. The molecule has 0 unspecified atom stereocenters. The molecule has 188 valence electrons. The minimum absolute atomic E-state index is 0.101. The number of rotatable bonds is 7. The lowest BCUT2D eigenvalue weighted by molar-refractivity contribution is -0.137. The summed E-state index contributed by atoms with van der Waals surface area (Å²) in [4.78, 5) is 46.5. The number of hydrogen-bond acceptors (Lipinski definition) is 4. The zero-order valence-corrected chi connectivity index (χ0v) is 20.9. The van der Waals surface area contributed by atoms with Crippen molar-refractivity contribution < 1.29 is 19.1 Å². The van der Waals surface area contributed by atoms with E-state index in [0.717, 1.165) is 23.2 Å². The molecule has 1 fully saturated rings. The Balaban J connectivity index is 1.56. The van der Waals surface area contributed by atoms with Crippen molar-refractivity contribution in [1.29, 1.82) is 0 Å². The zero-order valence-electron chi connectivity index (χ0n) is 20.9. The molecule has 8 heteroatoms. The van der Waals surface area contributed by atoms with E-state index in [1.54, 1.807) is 7.05 Å². The zero-order chi connectivity index (χ0) is 25.9. The molecule has 8 nitrogen and oxygen atoms in total. The Kier molecular flexibility index (Phi) is 7.30. The highest BCUT2D eigenvalue weighted by atomic mass is 16.6. The number of benzene rings is 2. The second-order valence-corrected chi connectivity index (χ2v) is 10.00. The monoisotopic (exact) mass is 488 g/mol. The number of likely N-dealkylation sites (N-methyl/N-ethyl adjacent to an activating group) is 1. The van der Waals surface area contributed by atoms with Crippen molar-refractivity contribution in [3.8, 4) is 0 Å². The quantitative estimate of drug-likeness (QED) is 0.585. The van der Waals surface area contributed by atoms with Crippen molar-refractivity contribution in [3.63, 3.8) is 0 Å². The predicted molar refractivity (Wildman–Crippen MR) is 136 cm³/mol. The van der Waals surface area contributed by atoms with Gasteiger partial charge in [0, 0.05) is 19.3 Å². The molecule has 4 rings (SSSR count). The van der Waals surface area contributed by atoms with Gasteiger partial charge in [-0.2, -0.15) is 0 Å². The summed E-state index contributed by atoms with van der Waals surface area (Å²) >= 11 is 0. The maximum Gasteiger partial charge on any atom is 0.410 e. The molecule has 0 radical (unpaired) electrons. The van der Waals surface area contributed by atoms with Crippen LogP contribution in [-0.4, -0.2) is 53.5 Å². The Labute approximate surface area is 212 Å². The van der Waals surface area contributed by atoms with E-state index in [-0.39, 0.29) is 31.4 Å². The van der Waals surface area contributed by atoms with Crippen molar-refractivity contribution in [3.05, 3.63) is 77.1 Å². The normalized spacial score (nSPS) is 21.1. The van der Waals surface area contributed by atoms with E-state index in [0.29, 0.717) is 12.3 Å². The van der Waals surface area contributed by atoms with Crippen molar-refractivity contribution >= 4 is 23.6 Å². The molecule has 0 aromatic heterocycles. The molecule has 0 aliphatic carbocycles. The highest BCUT2D eigenvalue weighted by Crippen LogP contribution is 2.46. The summed E-state index contributed by atoms with van der Waals surface area (Å²) in [6.45, 7) is 12.1. The predicted octanol–water partition coefficient (Wildman–Crippen LogP) is 4.43. The molecule has 0 saturated carbocycles. The number of nitrogens with zero attached hydrogens (tertiary/aromatic N) is 3.